The fourth-order valence-corrected chi connectivity index (χ4v) is 4.39. The first-order valence-corrected chi connectivity index (χ1v) is 10.3. The standard InChI is InChI=1S/C23H28FN3O2/c1-29-22-9-5-4-8-21(22)26-14-16-27(17-15-26)23(28)18-10-12-25(13-11-18)20-7-3-2-6-19(20)24/h2-9,18H,10-17H2,1H3. The van der Waals surface area contributed by atoms with Crippen LogP contribution in [0.15, 0.2) is 48.5 Å². The Morgan fingerprint density at radius 1 is 0.862 bits per heavy atom. The number of halogens is 1. The van der Waals surface area contributed by atoms with Crippen LogP contribution in [0.1, 0.15) is 12.8 Å². The predicted octanol–water partition coefficient (Wildman–Crippen LogP) is 3.40. The van der Waals surface area contributed by atoms with Crippen molar-refractivity contribution in [3.8, 4) is 5.75 Å². The number of hydrogen-bond donors (Lipinski definition) is 0. The van der Waals surface area contributed by atoms with E-state index in [1.165, 1.54) is 6.07 Å². The quantitative estimate of drug-likeness (QED) is 0.792. The molecule has 6 heteroatoms. The van der Waals surface area contributed by atoms with Crippen LogP contribution < -0.4 is 14.5 Å². The van der Waals surface area contributed by atoms with Crippen LogP contribution in [0.3, 0.4) is 0 Å². The number of rotatable bonds is 4. The average Bonchev–Trinajstić information content (AvgIpc) is 2.79. The molecular weight excluding hydrogens is 369 g/mol. The first-order chi connectivity index (χ1) is 14.2. The van der Waals surface area contributed by atoms with Crippen molar-refractivity contribution in [2.24, 2.45) is 5.92 Å². The number of amides is 1. The molecule has 2 heterocycles. The lowest BCUT2D eigenvalue weighted by Gasteiger charge is -2.40. The lowest BCUT2D eigenvalue weighted by molar-refractivity contribution is -0.136. The summed E-state index contributed by atoms with van der Waals surface area (Å²) in [5.74, 6) is 0.964. The maximum Gasteiger partial charge on any atom is 0.225 e. The van der Waals surface area contributed by atoms with Crippen LogP contribution in [-0.4, -0.2) is 57.2 Å². The Morgan fingerprint density at radius 3 is 2.10 bits per heavy atom. The normalized spacial score (nSPS) is 18.1. The number of hydrogen-bond acceptors (Lipinski definition) is 4. The summed E-state index contributed by atoms with van der Waals surface area (Å²) in [7, 11) is 1.69. The van der Waals surface area contributed by atoms with Gasteiger partial charge in [-0.15, -0.1) is 0 Å². The molecule has 0 saturated carbocycles. The van der Waals surface area contributed by atoms with Gasteiger partial charge in [0.05, 0.1) is 18.5 Å². The molecule has 2 aromatic carbocycles. The SMILES string of the molecule is COc1ccccc1N1CCN(C(=O)C2CCN(c3ccccc3F)CC2)CC1. The van der Waals surface area contributed by atoms with E-state index in [9.17, 15) is 9.18 Å². The summed E-state index contributed by atoms with van der Waals surface area (Å²) in [6.07, 6.45) is 1.56. The molecule has 2 aliphatic rings. The van der Waals surface area contributed by atoms with Crippen LogP contribution in [0.5, 0.6) is 5.75 Å². The van der Waals surface area contributed by atoms with E-state index in [4.69, 9.17) is 4.74 Å². The number of methoxy groups -OCH3 is 1. The summed E-state index contributed by atoms with van der Waals surface area (Å²) in [5, 5.41) is 0. The third-order valence-electron chi connectivity index (χ3n) is 6.05. The number of nitrogens with zero attached hydrogens (tertiary/aromatic N) is 3. The van der Waals surface area contributed by atoms with Crippen molar-refractivity contribution >= 4 is 17.3 Å². The molecule has 0 aliphatic carbocycles. The number of piperazine rings is 1. The Hall–Kier alpha value is -2.76. The Balaban J connectivity index is 1.31. The molecule has 29 heavy (non-hydrogen) atoms. The van der Waals surface area contributed by atoms with Gasteiger partial charge in [-0.1, -0.05) is 24.3 Å². The Kier molecular flexibility index (Phi) is 5.88. The number of ether oxygens (including phenoxy) is 1. The second kappa shape index (κ2) is 8.72. The molecule has 2 fully saturated rings. The molecule has 0 N–H and O–H groups in total. The first kappa shape index (κ1) is 19.6. The van der Waals surface area contributed by atoms with E-state index in [2.05, 4.69) is 15.9 Å². The van der Waals surface area contributed by atoms with Gasteiger partial charge in [0.2, 0.25) is 5.91 Å². The highest BCUT2D eigenvalue weighted by Gasteiger charge is 2.31. The molecule has 0 spiro atoms. The maximum atomic E-state index is 14.0. The van der Waals surface area contributed by atoms with Crippen molar-refractivity contribution in [1.82, 2.24) is 4.90 Å². The van der Waals surface area contributed by atoms with Crippen LogP contribution in [0.2, 0.25) is 0 Å². The third kappa shape index (κ3) is 4.16. The molecular formula is C23H28FN3O2. The summed E-state index contributed by atoms with van der Waals surface area (Å²) in [6, 6.07) is 14.9. The molecule has 0 bridgehead atoms. The van der Waals surface area contributed by atoms with Crippen LogP contribution in [-0.2, 0) is 4.79 Å². The van der Waals surface area contributed by atoms with Gasteiger partial charge in [-0.3, -0.25) is 4.79 Å². The topological polar surface area (TPSA) is 36.0 Å². The zero-order valence-electron chi connectivity index (χ0n) is 16.9. The van der Waals surface area contributed by atoms with Crippen molar-refractivity contribution in [1.29, 1.82) is 0 Å². The van der Waals surface area contributed by atoms with Crippen molar-refractivity contribution < 1.29 is 13.9 Å². The highest BCUT2D eigenvalue weighted by molar-refractivity contribution is 5.79. The third-order valence-corrected chi connectivity index (χ3v) is 6.05. The van der Waals surface area contributed by atoms with Crippen LogP contribution in [0, 0.1) is 11.7 Å². The van der Waals surface area contributed by atoms with Gasteiger partial charge in [-0.25, -0.2) is 4.39 Å². The number of anilines is 2. The van der Waals surface area contributed by atoms with Crippen LogP contribution in [0.25, 0.3) is 0 Å². The van der Waals surface area contributed by atoms with E-state index < -0.39 is 0 Å². The van der Waals surface area contributed by atoms with E-state index in [0.717, 1.165) is 63.5 Å². The molecule has 2 aromatic rings. The number of carbonyl (C=O) groups excluding carboxylic acids is 1. The Morgan fingerprint density at radius 2 is 1.45 bits per heavy atom. The van der Waals surface area contributed by atoms with Gasteiger partial charge >= 0.3 is 0 Å². The van der Waals surface area contributed by atoms with Crippen molar-refractivity contribution in [3.63, 3.8) is 0 Å². The second-order valence-corrected chi connectivity index (χ2v) is 7.70. The summed E-state index contributed by atoms with van der Waals surface area (Å²) < 4.78 is 19.5. The number of para-hydroxylation sites is 3. The second-order valence-electron chi connectivity index (χ2n) is 7.70. The maximum absolute atomic E-state index is 14.0. The van der Waals surface area contributed by atoms with Gasteiger partial charge in [0.1, 0.15) is 11.6 Å². The minimum Gasteiger partial charge on any atom is -0.495 e. The fraction of sp³-hybridized carbons (Fsp3) is 0.435. The number of benzene rings is 2. The van der Waals surface area contributed by atoms with E-state index in [-0.39, 0.29) is 17.6 Å². The fourth-order valence-electron chi connectivity index (χ4n) is 4.39. The summed E-state index contributed by atoms with van der Waals surface area (Å²) in [6.45, 7) is 4.51. The summed E-state index contributed by atoms with van der Waals surface area (Å²) in [4.78, 5) is 19.4. The minimum absolute atomic E-state index is 0.0378. The van der Waals surface area contributed by atoms with Crippen LogP contribution >= 0.6 is 0 Å². The molecule has 2 saturated heterocycles. The highest BCUT2D eigenvalue weighted by Crippen LogP contribution is 2.30. The molecule has 5 nitrogen and oxygen atoms in total. The van der Waals surface area contributed by atoms with E-state index in [1.54, 1.807) is 13.2 Å². The molecule has 0 radical (unpaired) electrons. The zero-order valence-corrected chi connectivity index (χ0v) is 16.9. The van der Waals surface area contributed by atoms with Crippen LogP contribution in [0.4, 0.5) is 15.8 Å². The van der Waals surface area contributed by atoms with E-state index in [1.807, 2.05) is 35.2 Å². The predicted molar refractivity (Wildman–Crippen MR) is 113 cm³/mol. The van der Waals surface area contributed by atoms with E-state index >= 15 is 0 Å². The monoisotopic (exact) mass is 397 g/mol. The Labute approximate surface area is 171 Å². The minimum atomic E-state index is -0.190. The van der Waals surface area contributed by atoms with Gasteiger partial charge in [-0.2, -0.15) is 0 Å². The molecule has 1 amide bonds. The Bertz CT molecular complexity index is 844. The average molecular weight is 397 g/mol. The largest absolute Gasteiger partial charge is 0.495 e. The lowest BCUT2D eigenvalue weighted by atomic mass is 9.94. The number of carbonyl (C=O) groups is 1. The molecule has 154 valence electrons. The van der Waals surface area contributed by atoms with Gasteiger partial charge < -0.3 is 19.4 Å². The van der Waals surface area contributed by atoms with Gasteiger partial charge in [0.25, 0.3) is 0 Å². The van der Waals surface area contributed by atoms with Crippen molar-refractivity contribution in [3.05, 3.63) is 54.3 Å². The lowest BCUT2D eigenvalue weighted by Crippen LogP contribution is -2.51. The molecule has 4 rings (SSSR count). The van der Waals surface area contributed by atoms with Gasteiger partial charge in [-0.05, 0) is 37.1 Å². The summed E-state index contributed by atoms with van der Waals surface area (Å²) >= 11 is 0. The van der Waals surface area contributed by atoms with Gasteiger partial charge in [0.15, 0.2) is 0 Å². The smallest absolute Gasteiger partial charge is 0.225 e. The molecule has 0 aromatic heterocycles. The number of piperidine rings is 1. The van der Waals surface area contributed by atoms with Gasteiger partial charge in [0, 0.05) is 45.2 Å². The molecule has 2 aliphatic heterocycles. The molecule has 0 atom stereocenters. The summed E-state index contributed by atoms with van der Waals surface area (Å²) in [5.41, 5.74) is 1.73. The zero-order chi connectivity index (χ0) is 20.2. The van der Waals surface area contributed by atoms with Crippen molar-refractivity contribution in [2.75, 3.05) is 56.2 Å². The first-order valence-electron chi connectivity index (χ1n) is 10.3. The van der Waals surface area contributed by atoms with Crippen molar-refractivity contribution in [2.45, 2.75) is 12.8 Å². The highest BCUT2D eigenvalue weighted by atomic mass is 19.1. The molecule has 0 unspecified atom stereocenters. The van der Waals surface area contributed by atoms with E-state index in [0.29, 0.717) is 5.69 Å².